The number of amides is 1. The van der Waals surface area contributed by atoms with Gasteiger partial charge >= 0.3 is 12.4 Å². The van der Waals surface area contributed by atoms with Crippen LogP contribution < -0.4 is 9.64 Å². The number of anilines is 1. The molecule has 0 bridgehead atoms. The van der Waals surface area contributed by atoms with Crippen LogP contribution in [0.15, 0.2) is 30.3 Å². The van der Waals surface area contributed by atoms with E-state index in [1.807, 2.05) is 13.0 Å². The first-order valence-corrected chi connectivity index (χ1v) is 12.2. The summed E-state index contributed by atoms with van der Waals surface area (Å²) in [7, 11) is 1.45. The summed E-state index contributed by atoms with van der Waals surface area (Å²) >= 11 is 0. The molecule has 4 rings (SSSR count). The topological polar surface area (TPSA) is 45.7 Å². The molecule has 0 saturated heterocycles. The first kappa shape index (κ1) is 27.1. The number of hydrogen-bond acceptors (Lipinski definition) is 4. The number of halogens is 6. The molecule has 0 N–H and O–H groups in total. The number of ether oxygens (including phenoxy) is 1. The number of fused-ring (bicyclic) bond motifs is 1. The Hall–Kier alpha value is -2.98. The molecule has 1 aromatic heterocycles. The van der Waals surface area contributed by atoms with Crippen LogP contribution in [0.1, 0.15) is 74.4 Å². The molecule has 1 saturated carbocycles. The van der Waals surface area contributed by atoms with E-state index in [0.717, 1.165) is 31.4 Å². The number of benzene rings is 1. The summed E-state index contributed by atoms with van der Waals surface area (Å²) in [6.07, 6.45) is -5.28. The molecule has 11 heteroatoms. The summed E-state index contributed by atoms with van der Waals surface area (Å²) in [5.74, 6) is -0.167. The Morgan fingerprint density at radius 1 is 1.05 bits per heavy atom. The van der Waals surface area contributed by atoms with Crippen LogP contribution in [-0.4, -0.2) is 35.0 Å². The molecule has 202 valence electrons. The Labute approximate surface area is 211 Å². The van der Waals surface area contributed by atoms with E-state index in [4.69, 9.17) is 4.74 Å². The van der Waals surface area contributed by atoms with Gasteiger partial charge in [-0.1, -0.05) is 12.8 Å². The van der Waals surface area contributed by atoms with Gasteiger partial charge in [0.25, 0.3) is 0 Å². The van der Waals surface area contributed by atoms with Crippen molar-refractivity contribution >= 4 is 11.6 Å². The van der Waals surface area contributed by atoms with Crippen LogP contribution in [0.3, 0.4) is 0 Å². The number of rotatable bonds is 5. The summed E-state index contributed by atoms with van der Waals surface area (Å²) in [5.41, 5.74) is -1.74. The van der Waals surface area contributed by atoms with E-state index in [0.29, 0.717) is 36.2 Å². The van der Waals surface area contributed by atoms with Crippen molar-refractivity contribution in [2.24, 2.45) is 0 Å². The summed E-state index contributed by atoms with van der Waals surface area (Å²) in [4.78, 5) is 21.0. The van der Waals surface area contributed by atoms with Crippen LogP contribution in [0.5, 0.6) is 5.88 Å². The zero-order chi connectivity index (χ0) is 27.1. The zero-order valence-corrected chi connectivity index (χ0v) is 20.8. The summed E-state index contributed by atoms with van der Waals surface area (Å²) in [6.45, 7) is 2.84. The lowest BCUT2D eigenvalue weighted by molar-refractivity contribution is -0.143. The van der Waals surface area contributed by atoms with Crippen LogP contribution in [0, 0.1) is 0 Å². The van der Waals surface area contributed by atoms with Crippen molar-refractivity contribution in [3.63, 3.8) is 0 Å². The second-order valence-electron chi connectivity index (χ2n) is 9.77. The fourth-order valence-corrected chi connectivity index (χ4v) is 5.57. The van der Waals surface area contributed by atoms with E-state index in [9.17, 15) is 31.1 Å². The molecule has 1 aliphatic carbocycles. The number of nitrogens with zero attached hydrogens (tertiary/aromatic N) is 3. The molecule has 1 aliphatic heterocycles. The normalized spacial score (nSPS) is 20.6. The van der Waals surface area contributed by atoms with E-state index in [-0.39, 0.29) is 17.7 Å². The number of methoxy groups -OCH3 is 1. The van der Waals surface area contributed by atoms with Crippen LogP contribution in [0.4, 0.5) is 32.0 Å². The first-order valence-electron chi connectivity index (χ1n) is 12.2. The lowest BCUT2D eigenvalue weighted by Crippen LogP contribution is -2.48. The lowest BCUT2D eigenvalue weighted by atomic mass is 9.91. The maximum atomic E-state index is 13.4. The summed E-state index contributed by atoms with van der Waals surface area (Å²) in [5, 5.41) is 0. The maximum Gasteiger partial charge on any atom is 0.416 e. The van der Waals surface area contributed by atoms with Gasteiger partial charge < -0.3 is 14.5 Å². The monoisotopic (exact) mass is 529 g/mol. The molecule has 0 unspecified atom stereocenters. The van der Waals surface area contributed by atoms with Gasteiger partial charge in [-0.2, -0.15) is 26.3 Å². The van der Waals surface area contributed by atoms with Gasteiger partial charge in [0.2, 0.25) is 11.8 Å². The van der Waals surface area contributed by atoms with Crippen molar-refractivity contribution in [2.75, 3.05) is 12.0 Å². The maximum absolute atomic E-state index is 13.4. The third kappa shape index (κ3) is 5.65. The quantitative estimate of drug-likeness (QED) is 0.402. The van der Waals surface area contributed by atoms with Crippen molar-refractivity contribution in [2.45, 2.75) is 83.0 Å². The molecule has 37 heavy (non-hydrogen) atoms. The van der Waals surface area contributed by atoms with Crippen LogP contribution >= 0.6 is 0 Å². The molecule has 1 aromatic carbocycles. The highest BCUT2D eigenvalue weighted by Gasteiger charge is 2.41. The molecule has 0 radical (unpaired) electrons. The molecular formula is C26H29F6N3O2. The molecular weight excluding hydrogens is 500 g/mol. The minimum atomic E-state index is -4.97. The van der Waals surface area contributed by atoms with Gasteiger partial charge in [-0.25, -0.2) is 4.98 Å². The van der Waals surface area contributed by atoms with E-state index < -0.39 is 42.0 Å². The summed E-state index contributed by atoms with van der Waals surface area (Å²) < 4.78 is 85.9. The molecule has 2 aromatic rings. The highest BCUT2D eigenvalue weighted by molar-refractivity contribution is 5.74. The summed E-state index contributed by atoms with van der Waals surface area (Å²) in [6, 6.07) is 4.64. The minimum Gasteiger partial charge on any atom is -0.481 e. The van der Waals surface area contributed by atoms with E-state index in [1.54, 1.807) is 6.07 Å². The Morgan fingerprint density at radius 3 is 2.16 bits per heavy atom. The smallest absolute Gasteiger partial charge is 0.416 e. The third-order valence-electron chi connectivity index (χ3n) is 7.22. The number of hydrogen-bond donors (Lipinski definition) is 0. The second-order valence-corrected chi connectivity index (χ2v) is 9.77. The van der Waals surface area contributed by atoms with Crippen molar-refractivity contribution in [1.29, 1.82) is 0 Å². The fourth-order valence-electron chi connectivity index (χ4n) is 5.57. The molecule has 1 fully saturated rings. The van der Waals surface area contributed by atoms with Gasteiger partial charge in [0, 0.05) is 31.6 Å². The lowest BCUT2D eigenvalue weighted by Gasteiger charge is -2.46. The SMILES string of the molecule is COc1ccc2c(n1)[C@H](N(Cc1cc(C(F)(F)F)cc(C(F)(F)F)c1)C(C)=O)C[C@H](C)N2C1CCCC1. The van der Waals surface area contributed by atoms with Gasteiger partial charge in [-0.05, 0) is 56.0 Å². The van der Waals surface area contributed by atoms with E-state index >= 15 is 0 Å². The van der Waals surface area contributed by atoms with Crippen LogP contribution in [-0.2, 0) is 23.7 Å². The number of carbonyl (C=O) groups is 1. The highest BCUT2D eigenvalue weighted by Crippen LogP contribution is 2.44. The predicted octanol–water partition coefficient (Wildman–Crippen LogP) is 6.76. The highest BCUT2D eigenvalue weighted by atomic mass is 19.4. The number of pyridine rings is 1. The van der Waals surface area contributed by atoms with Gasteiger partial charge in [-0.3, -0.25) is 4.79 Å². The van der Waals surface area contributed by atoms with Gasteiger partial charge in [0.05, 0.1) is 35.7 Å². The number of aromatic nitrogens is 1. The zero-order valence-electron chi connectivity index (χ0n) is 20.8. The Balaban J connectivity index is 1.77. The Kier molecular flexibility index (Phi) is 7.36. The van der Waals surface area contributed by atoms with Gasteiger partial charge in [0.15, 0.2) is 0 Å². The predicted molar refractivity (Wildman–Crippen MR) is 125 cm³/mol. The standard InChI is InChI=1S/C26H29F6N3O2/c1-15-10-22(24-21(8-9-23(33-24)37-3)35(15)20-6-4-5-7-20)34(16(2)36)14-17-11-18(25(27,28)29)13-19(12-17)26(30,31)32/h8-9,11-13,15,20,22H,4-7,10,14H2,1-3H3/t15-,22+/m0/s1. The first-order chi connectivity index (χ1) is 17.3. The third-order valence-corrected chi connectivity index (χ3v) is 7.22. The van der Waals surface area contributed by atoms with Gasteiger partial charge in [0.1, 0.15) is 0 Å². The number of carbonyl (C=O) groups excluding carboxylic acids is 1. The average molecular weight is 530 g/mol. The Morgan fingerprint density at radius 2 is 1.65 bits per heavy atom. The number of alkyl halides is 6. The molecule has 2 atom stereocenters. The molecule has 2 aliphatic rings. The minimum absolute atomic E-state index is 0.0232. The van der Waals surface area contributed by atoms with Crippen molar-refractivity contribution in [3.05, 3.63) is 52.7 Å². The van der Waals surface area contributed by atoms with Crippen molar-refractivity contribution in [3.8, 4) is 5.88 Å². The second kappa shape index (κ2) is 10.1. The van der Waals surface area contributed by atoms with Gasteiger partial charge in [-0.15, -0.1) is 0 Å². The van der Waals surface area contributed by atoms with Crippen LogP contribution in [0.25, 0.3) is 0 Å². The largest absolute Gasteiger partial charge is 0.481 e. The average Bonchev–Trinajstić information content (AvgIpc) is 3.34. The fraction of sp³-hybridized carbons (Fsp3) is 0.538. The molecule has 1 amide bonds. The molecule has 5 nitrogen and oxygen atoms in total. The molecule has 2 heterocycles. The van der Waals surface area contributed by atoms with Crippen molar-refractivity contribution in [1.82, 2.24) is 9.88 Å². The van der Waals surface area contributed by atoms with Crippen molar-refractivity contribution < 1.29 is 35.9 Å². The van der Waals surface area contributed by atoms with Crippen LogP contribution in [0.2, 0.25) is 0 Å². The Bertz CT molecular complexity index is 1110. The van der Waals surface area contributed by atoms with E-state index in [2.05, 4.69) is 9.88 Å². The molecule has 0 spiro atoms. The van der Waals surface area contributed by atoms with E-state index in [1.165, 1.54) is 18.9 Å².